The van der Waals surface area contributed by atoms with Crippen LogP contribution < -0.4 is 16.0 Å². The summed E-state index contributed by atoms with van der Waals surface area (Å²) in [6.45, 7) is 2.30. The molecule has 96 valence electrons. The first-order valence-electron chi connectivity index (χ1n) is 5.64. The summed E-state index contributed by atoms with van der Waals surface area (Å²) < 4.78 is 0. The van der Waals surface area contributed by atoms with Gasteiger partial charge in [0.15, 0.2) is 0 Å². The van der Waals surface area contributed by atoms with Gasteiger partial charge in [0, 0.05) is 17.3 Å². The van der Waals surface area contributed by atoms with E-state index in [4.69, 9.17) is 11.6 Å². The van der Waals surface area contributed by atoms with Crippen molar-refractivity contribution in [3.63, 3.8) is 0 Å². The number of hydrogen-bond acceptors (Lipinski definition) is 3. The van der Waals surface area contributed by atoms with E-state index in [1.807, 2.05) is 6.92 Å². The van der Waals surface area contributed by atoms with Crippen LogP contribution in [0.15, 0.2) is 18.2 Å². The van der Waals surface area contributed by atoms with Crippen LogP contribution in [0.1, 0.15) is 5.56 Å². The molecule has 1 unspecified atom stereocenters. The molecule has 1 atom stereocenters. The molecule has 1 saturated heterocycles. The Morgan fingerprint density at radius 3 is 2.94 bits per heavy atom. The van der Waals surface area contributed by atoms with Crippen LogP contribution in [0.5, 0.6) is 0 Å². The summed E-state index contributed by atoms with van der Waals surface area (Å²) in [5, 5.41) is 8.91. The van der Waals surface area contributed by atoms with Crippen LogP contribution in [0, 0.1) is 6.92 Å². The fourth-order valence-electron chi connectivity index (χ4n) is 1.71. The number of carbonyl (C=O) groups is 2. The highest BCUT2D eigenvalue weighted by Gasteiger charge is 2.24. The number of anilines is 1. The molecule has 1 heterocycles. The van der Waals surface area contributed by atoms with Crippen molar-refractivity contribution in [1.29, 1.82) is 0 Å². The molecular formula is C12H14ClN3O2. The van der Waals surface area contributed by atoms with E-state index in [2.05, 4.69) is 16.0 Å². The minimum Gasteiger partial charge on any atom is -0.353 e. The average Bonchev–Trinajstić information content (AvgIpc) is 2.36. The molecule has 18 heavy (non-hydrogen) atoms. The van der Waals surface area contributed by atoms with Gasteiger partial charge in [-0.1, -0.05) is 17.7 Å². The summed E-state index contributed by atoms with van der Waals surface area (Å²) in [5.74, 6) is -0.279. The van der Waals surface area contributed by atoms with Crippen LogP contribution in [-0.2, 0) is 9.59 Å². The zero-order chi connectivity index (χ0) is 13.1. The van der Waals surface area contributed by atoms with E-state index in [1.165, 1.54) is 0 Å². The minimum atomic E-state index is -0.416. The molecule has 1 fully saturated rings. The number of piperazine rings is 1. The Balaban J connectivity index is 2.03. The van der Waals surface area contributed by atoms with Crippen LogP contribution in [0.4, 0.5) is 5.69 Å². The van der Waals surface area contributed by atoms with Gasteiger partial charge < -0.3 is 10.6 Å². The first kappa shape index (κ1) is 12.9. The predicted molar refractivity (Wildman–Crippen MR) is 69.6 cm³/mol. The van der Waals surface area contributed by atoms with Gasteiger partial charge in [0.2, 0.25) is 11.8 Å². The lowest BCUT2D eigenvalue weighted by Gasteiger charge is -2.23. The molecule has 0 bridgehead atoms. The number of hydrogen-bond donors (Lipinski definition) is 3. The van der Waals surface area contributed by atoms with E-state index in [0.29, 0.717) is 17.3 Å². The van der Waals surface area contributed by atoms with Crippen molar-refractivity contribution in [3.8, 4) is 0 Å². The molecule has 1 aromatic carbocycles. The SMILES string of the molecule is Cc1c(Cl)cccc1NC(=O)C1CNC(=O)CN1. The van der Waals surface area contributed by atoms with Gasteiger partial charge >= 0.3 is 0 Å². The molecular weight excluding hydrogens is 254 g/mol. The lowest BCUT2D eigenvalue weighted by Crippen LogP contribution is -2.56. The Bertz CT molecular complexity index is 480. The third kappa shape index (κ3) is 2.80. The smallest absolute Gasteiger partial charge is 0.243 e. The van der Waals surface area contributed by atoms with Gasteiger partial charge in [-0.05, 0) is 24.6 Å². The number of rotatable bonds is 2. The summed E-state index contributed by atoms with van der Waals surface area (Å²) in [6, 6.07) is 4.92. The Hall–Kier alpha value is -1.59. The summed E-state index contributed by atoms with van der Waals surface area (Å²) >= 11 is 5.98. The molecule has 0 spiro atoms. The van der Waals surface area contributed by atoms with Crippen LogP contribution in [0.25, 0.3) is 0 Å². The maximum Gasteiger partial charge on any atom is 0.243 e. The molecule has 1 aliphatic heterocycles. The Kier molecular flexibility index (Phi) is 3.84. The predicted octanol–water partition coefficient (Wildman–Crippen LogP) is 0.675. The highest BCUT2D eigenvalue weighted by molar-refractivity contribution is 6.31. The fourth-order valence-corrected chi connectivity index (χ4v) is 1.89. The summed E-state index contributed by atoms with van der Waals surface area (Å²) in [7, 11) is 0. The lowest BCUT2D eigenvalue weighted by molar-refractivity contribution is -0.124. The van der Waals surface area contributed by atoms with E-state index in [9.17, 15) is 9.59 Å². The van der Waals surface area contributed by atoms with E-state index >= 15 is 0 Å². The number of amides is 2. The minimum absolute atomic E-state index is 0.0991. The van der Waals surface area contributed by atoms with Crippen LogP contribution in [-0.4, -0.2) is 30.9 Å². The molecule has 2 amide bonds. The Morgan fingerprint density at radius 2 is 2.28 bits per heavy atom. The Labute approximate surface area is 110 Å². The second-order valence-electron chi connectivity index (χ2n) is 4.14. The lowest BCUT2D eigenvalue weighted by atomic mass is 10.1. The maximum atomic E-state index is 12.0. The van der Waals surface area contributed by atoms with Gasteiger partial charge in [0.1, 0.15) is 6.04 Å². The van der Waals surface area contributed by atoms with Crippen molar-refractivity contribution in [2.45, 2.75) is 13.0 Å². The van der Waals surface area contributed by atoms with Crippen molar-refractivity contribution >= 4 is 29.1 Å². The van der Waals surface area contributed by atoms with Crippen molar-refractivity contribution in [3.05, 3.63) is 28.8 Å². The molecule has 0 saturated carbocycles. The second-order valence-corrected chi connectivity index (χ2v) is 4.55. The number of benzene rings is 1. The summed E-state index contributed by atoms with van der Waals surface area (Å²) in [6.07, 6.45) is 0. The third-order valence-electron chi connectivity index (χ3n) is 2.85. The van der Waals surface area contributed by atoms with Crippen LogP contribution in [0.3, 0.4) is 0 Å². The van der Waals surface area contributed by atoms with Crippen molar-refractivity contribution in [2.24, 2.45) is 0 Å². The van der Waals surface area contributed by atoms with Crippen LogP contribution in [0.2, 0.25) is 5.02 Å². The monoisotopic (exact) mass is 267 g/mol. The van der Waals surface area contributed by atoms with Gasteiger partial charge in [-0.2, -0.15) is 0 Å². The van der Waals surface area contributed by atoms with E-state index in [-0.39, 0.29) is 18.4 Å². The summed E-state index contributed by atoms with van der Waals surface area (Å²) in [4.78, 5) is 22.9. The van der Waals surface area contributed by atoms with Crippen LogP contribution >= 0.6 is 11.6 Å². The maximum absolute atomic E-state index is 12.0. The normalized spacial score (nSPS) is 19.2. The van der Waals surface area contributed by atoms with E-state index in [0.717, 1.165) is 5.56 Å². The van der Waals surface area contributed by atoms with Crippen molar-refractivity contribution in [1.82, 2.24) is 10.6 Å². The highest BCUT2D eigenvalue weighted by Crippen LogP contribution is 2.22. The molecule has 3 N–H and O–H groups in total. The largest absolute Gasteiger partial charge is 0.353 e. The topological polar surface area (TPSA) is 70.2 Å². The zero-order valence-corrected chi connectivity index (χ0v) is 10.7. The molecule has 2 rings (SSSR count). The zero-order valence-electron chi connectivity index (χ0n) is 9.92. The average molecular weight is 268 g/mol. The quantitative estimate of drug-likeness (QED) is 0.738. The molecule has 1 aromatic rings. The Morgan fingerprint density at radius 1 is 1.50 bits per heavy atom. The van der Waals surface area contributed by atoms with Gasteiger partial charge in [-0.25, -0.2) is 0 Å². The van der Waals surface area contributed by atoms with Crippen molar-refractivity contribution < 1.29 is 9.59 Å². The van der Waals surface area contributed by atoms with Gasteiger partial charge in [-0.15, -0.1) is 0 Å². The highest BCUT2D eigenvalue weighted by atomic mass is 35.5. The van der Waals surface area contributed by atoms with E-state index in [1.54, 1.807) is 18.2 Å². The molecule has 0 aromatic heterocycles. The third-order valence-corrected chi connectivity index (χ3v) is 3.26. The van der Waals surface area contributed by atoms with E-state index < -0.39 is 6.04 Å². The summed E-state index contributed by atoms with van der Waals surface area (Å²) in [5.41, 5.74) is 1.51. The van der Waals surface area contributed by atoms with Gasteiger partial charge in [-0.3, -0.25) is 14.9 Å². The van der Waals surface area contributed by atoms with Gasteiger partial charge in [0.25, 0.3) is 0 Å². The van der Waals surface area contributed by atoms with Crippen molar-refractivity contribution in [2.75, 3.05) is 18.4 Å². The molecule has 6 heteroatoms. The molecule has 0 aliphatic carbocycles. The number of halogens is 1. The number of nitrogens with one attached hydrogen (secondary N) is 3. The first-order valence-corrected chi connectivity index (χ1v) is 6.02. The number of carbonyl (C=O) groups excluding carboxylic acids is 2. The fraction of sp³-hybridized carbons (Fsp3) is 0.333. The molecule has 0 radical (unpaired) electrons. The van der Waals surface area contributed by atoms with Gasteiger partial charge in [0.05, 0.1) is 6.54 Å². The standard InChI is InChI=1S/C12H14ClN3O2/c1-7-8(13)3-2-4-9(7)16-12(18)10-5-15-11(17)6-14-10/h2-4,10,14H,5-6H2,1H3,(H,15,17)(H,16,18). The molecule has 5 nitrogen and oxygen atoms in total. The molecule has 1 aliphatic rings. The second kappa shape index (κ2) is 5.37. The first-order chi connectivity index (χ1) is 8.58.